The van der Waals surface area contributed by atoms with Crippen LogP contribution in [0.3, 0.4) is 0 Å². The number of thiazole rings is 1. The molecular formula is C14H14N2O2S. The van der Waals surface area contributed by atoms with Crippen LogP contribution in [0.1, 0.15) is 32.5 Å². The lowest BCUT2D eigenvalue weighted by Gasteiger charge is -2.17. The van der Waals surface area contributed by atoms with Gasteiger partial charge in [0.2, 0.25) is 0 Å². The smallest absolute Gasteiger partial charge is 0.263 e. The molecule has 1 heterocycles. The maximum Gasteiger partial charge on any atom is 0.263 e. The fraction of sp³-hybridized carbons (Fsp3) is 0.286. The van der Waals surface area contributed by atoms with Crippen LogP contribution in [0.15, 0.2) is 29.8 Å². The number of hydrogen-bond acceptors (Lipinski definition) is 4. The van der Waals surface area contributed by atoms with Crippen molar-refractivity contribution >= 4 is 17.2 Å². The summed E-state index contributed by atoms with van der Waals surface area (Å²) in [6.07, 6.45) is 0.0255. The van der Waals surface area contributed by atoms with Crippen molar-refractivity contribution in [2.75, 3.05) is 0 Å². The van der Waals surface area contributed by atoms with Crippen LogP contribution in [0.25, 0.3) is 0 Å². The van der Waals surface area contributed by atoms with E-state index in [1.807, 2.05) is 31.2 Å². The van der Waals surface area contributed by atoms with E-state index < -0.39 is 6.10 Å². The normalized spacial score (nSPS) is 21.2. The lowest BCUT2D eigenvalue weighted by atomic mass is 10.1. The molecule has 1 aromatic heterocycles. The fourth-order valence-electron chi connectivity index (χ4n) is 2.47. The summed E-state index contributed by atoms with van der Waals surface area (Å²) in [6, 6.07) is 7.49. The number of carbonyl (C=O) groups excluding carboxylic acids is 1. The Bertz CT molecular complexity index is 623. The van der Waals surface area contributed by atoms with Crippen molar-refractivity contribution in [3.8, 4) is 0 Å². The molecule has 98 valence electrons. The summed E-state index contributed by atoms with van der Waals surface area (Å²) in [5.41, 5.74) is 4.48. The highest BCUT2D eigenvalue weighted by molar-refractivity contribution is 7.11. The molecule has 0 radical (unpaired) electrons. The topological polar surface area (TPSA) is 62.2 Å². The van der Waals surface area contributed by atoms with Crippen LogP contribution in [0.2, 0.25) is 0 Å². The van der Waals surface area contributed by atoms with Crippen molar-refractivity contribution in [3.05, 3.63) is 51.5 Å². The van der Waals surface area contributed by atoms with Crippen molar-refractivity contribution in [2.45, 2.75) is 25.5 Å². The third-order valence-electron chi connectivity index (χ3n) is 3.44. The van der Waals surface area contributed by atoms with Gasteiger partial charge in [-0.15, -0.1) is 11.3 Å². The highest BCUT2D eigenvalue weighted by Crippen LogP contribution is 2.31. The standard InChI is InChI=1S/C14H14N2O2S/c1-8-13(19-7-15-8)14(18)16-12-10-5-3-2-4-9(10)6-11(12)17/h2-5,7,11-12,17H,6H2,1H3,(H,16,18). The Morgan fingerprint density at radius 3 is 3.00 bits per heavy atom. The predicted molar refractivity (Wildman–Crippen MR) is 73.2 cm³/mol. The van der Waals surface area contributed by atoms with Gasteiger partial charge in [-0.3, -0.25) is 4.79 Å². The van der Waals surface area contributed by atoms with Gasteiger partial charge in [-0.2, -0.15) is 0 Å². The lowest BCUT2D eigenvalue weighted by molar-refractivity contribution is 0.0861. The molecule has 0 saturated carbocycles. The van der Waals surface area contributed by atoms with E-state index in [4.69, 9.17) is 0 Å². The van der Waals surface area contributed by atoms with Crippen LogP contribution in [0.4, 0.5) is 0 Å². The summed E-state index contributed by atoms with van der Waals surface area (Å²) in [6.45, 7) is 1.81. The van der Waals surface area contributed by atoms with E-state index in [2.05, 4.69) is 10.3 Å². The molecule has 19 heavy (non-hydrogen) atoms. The number of aliphatic hydroxyl groups excluding tert-OH is 1. The Labute approximate surface area is 115 Å². The quantitative estimate of drug-likeness (QED) is 0.878. The monoisotopic (exact) mass is 274 g/mol. The van der Waals surface area contributed by atoms with Gasteiger partial charge in [0.05, 0.1) is 23.4 Å². The van der Waals surface area contributed by atoms with Crippen LogP contribution in [0.5, 0.6) is 0 Å². The van der Waals surface area contributed by atoms with Gasteiger partial charge in [-0.1, -0.05) is 24.3 Å². The van der Waals surface area contributed by atoms with E-state index in [1.165, 1.54) is 11.3 Å². The molecule has 1 aromatic carbocycles. The SMILES string of the molecule is Cc1ncsc1C(=O)NC1c2ccccc2CC1O. The number of carbonyl (C=O) groups is 1. The van der Waals surface area contributed by atoms with Gasteiger partial charge in [0, 0.05) is 6.42 Å². The second-order valence-corrected chi connectivity index (χ2v) is 5.54. The molecule has 1 aliphatic carbocycles. The van der Waals surface area contributed by atoms with Gasteiger partial charge in [0.1, 0.15) is 4.88 Å². The minimum absolute atomic E-state index is 0.166. The zero-order valence-electron chi connectivity index (χ0n) is 10.5. The molecule has 2 N–H and O–H groups in total. The summed E-state index contributed by atoms with van der Waals surface area (Å²) in [7, 11) is 0. The Kier molecular flexibility index (Phi) is 3.08. The molecule has 2 atom stereocenters. The number of aliphatic hydroxyl groups is 1. The maximum atomic E-state index is 12.2. The molecule has 0 aliphatic heterocycles. The zero-order chi connectivity index (χ0) is 13.4. The molecule has 0 bridgehead atoms. The van der Waals surface area contributed by atoms with E-state index in [-0.39, 0.29) is 11.9 Å². The number of rotatable bonds is 2. The molecule has 1 amide bonds. The van der Waals surface area contributed by atoms with Crippen molar-refractivity contribution in [1.29, 1.82) is 0 Å². The fourth-order valence-corrected chi connectivity index (χ4v) is 3.18. The highest BCUT2D eigenvalue weighted by Gasteiger charge is 2.32. The zero-order valence-corrected chi connectivity index (χ0v) is 11.3. The number of nitrogens with one attached hydrogen (secondary N) is 1. The molecule has 3 rings (SSSR count). The molecule has 2 aromatic rings. The summed E-state index contributed by atoms with van der Waals surface area (Å²) < 4.78 is 0. The molecule has 2 unspecified atom stereocenters. The second kappa shape index (κ2) is 4.75. The van der Waals surface area contributed by atoms with Gasteiger partial charge < -0.3 is 10.4 Å². The Morgan fingerprint density at radius 2 is 2.26 bits per heavy atom. The first-order valence-electron chi connectivity index (χ1n) is 6.13. The van der Waals surface area contributed by atoms with Gasteiger partial charge in [-0.05, 0) is 18.1 Å². The van der Waals surface area contributed by atoms with Gasteiger partial charge in [0.25, 0.3) is 5.91 Å². The second-order valence-electron chi connectivity index (χ2n) is 4.69. The summed E-state index contributed by atoms with van der Waals surface area (Å²) in [5.74, 6) is -0.166. The largest absolute Gasteiger partial charge is 0.390 e. The Balaban J connectivity index is 1.84. The Morgan fingerprint density at radius 1 is 1.47 bits per heavy atom. The average molecular weight is 274 g/mol. The number of nitrogens with zero attached hydrogens (tertiary/aromatic N) is 1. The van der Waals surface area contributed by atoms with Crippen molar-refractivity contribution < 1.29 is 9.90 Å². The van der Waals surface area contributed by atoms with Gasteiger partial charge in [-0.25, -0.2) is 4.98 Å². The van der Waals surface area contributed by atoms with Crippen molar-refractivity contribution in [3.63, 3.8) is 0 Å². The number of hydrogen-bond donors (Lipinski definition) is 2. The van der Waals surface area contributed by atoms with E-state index in [1.54, 1.807) is 5.51 Å². The third-order valence-corrected chi connectivity index (χ3v) is 4.37. The van der Waals surface area contributed by atoms with Crippen LogP contribution in [-0.2, 0) is 6.42 Å². The molecular weight excluding hydrogens is 260 g/mol. The van der Waals surface area contributed by atoms with Crippen molar-refractivity contribution in [1.82, 2.24) is 10.3 Å². The first-order valence-corrected chi connectivity index (χ1v) is 7.01. The Hall–Kier alpha value is -1.72. The molecule has 0 fully saturated rings. The lowest BCUT2D eigenvalue weighted by Crippen LogP contribution is -2.33. The van der Waals surface area contributed by atoms with Gasteiger partial charge in [0.15, 0.2) is 0 Å². The first-order chi connectivity index (χ1) is 9.16. The average Bonchev–Trinajstić information content (AvgIpc) is 2.94. The number of benzene rings is 1. The van der Waals surface area contributed by atoms with Crippen molar-refractivity contribution in [2.24, 2.45) is 0 Å². The molecule has 4 nitrogen and oxygen atoms in total. The molecule has 1 aliphatic rings. The predicted octanol–water partition coefficient (Wildman–Crippen LogP) is 1.84. The van der Waals surface area contributed by atoms with E-state index in [0.717, 1.165) is 16.8 Å². The number of fused-ring (bicyclic) bond motifs is 1. The number of aromatic nitrogens is 1. The maximum absolute atomic E-state index is 12.2. The van der Waals surface area contributed by atoms with Crippen LogP contribution in [-0.4, -0.2) is 22.1 Å². The van der Waals surface area contributed by atoms with Crippen LogP contribution >= 0.6 is 11.3 Å². The van der Waals surface area contributed by atoms with E-state index in [9.17, 15) is 9.90 Å². The molecule has 0 spiro atoms. The van der Waals surface area contributed by atoms with E-state index in [0.29, 0.717) is 11.3 Å². The van der Waals surface area contributed by atoms with Gasteiger partial charge >= 0.3 is 0 Å². The third kappa shape index (κ3) is 2.15. The summed E-state index contributed by atoms with van der Waals surface area (Å²) >= 11 is 1.32. The summed E-state index contributed by atoms with van der Waals surface area (Å²) in [4.78, 5) is 16.9. The number of aryl methyl sites for hydroxylation is 1. The van der Waals surface area contributed by atoms with Crippen LogP contribution in [0, 0.1) is 6.92 Å². The molecule has 5 heteroatoms. The molecule has 0 saturated heterocycles. The van der Waals surface area contributed by atoms with Crippen LogP contribution < -0.4 is 5.32 Å². The number of amides is 1. The highest BCUT2D eigenvalue weighted by atomic mass is 32.1. The first kappa shape index (κ1) is 12.3. The summed E-state index contributed by atoms with van der Waals surface area (Å²) in [5, 5.41) is 13.0. The minimum atomic E-state index is -0.561. The minimum Gasteiger partial charge on any atom is -0.390 e. The van der Waals surface area contributed by atoms with E-state index >= 15 is 0 Å².